The first-order valence-electron chi connectivity index (χ1n) is 8.04. The zero-order valence-electron chi connectivity index (χ0n) is 14.0. The van der Waals surface area contributed by atoms with Gasteiger partial charge in [0, 0.05) is 22.7 Å². The topological polar surface area (TPSA) is 38.3 Å². The van der Waals surface area contributed by atoms with Crippen LogP contribution in [0.4, 0.5) is 10.1 Å². The molecule has 1 aliphatic heterocycles. The minimum absolute atomic E-state index is 0.164. The summed E-state index contributed by atoms with van der Waals surface area (Å²) in [4.78, 5) is 12.1. The maximum absolute atomic E-state index is 13.3. The van der Waals surface area contributed by atoms with Gasteiger partial charge in [-0.25, -0.2) is 4.39 Å². The summed E-state index contributed by atoms with van der Waals surface area (Å²) in [6.45, 7) is 7.29. The van der Waals surface area contributed by atoms with Crippen molar-refractivity contribution in [3.05, 3.63) is 83.7 Å². The maximum Gasteiger partial charge on any atom is 0.258 e. The largest absolute Gasteiger partial charge is 0.493 e. The lowest BCUT2D eigenvalue weighted by Gasteiger charge is -2.10. The number of hydrogen-bond acceptors (Lipinski definition) is 2. The van der Waals surface area contributed by atoms with Crippen LogP contribution in [0.1, 0.15) is 5.56 Å². The number of hydrogen-bond donors (Lipinski definition) is 1. The van der Waals surface area contributed by atoms with Crippen LogP contribution in [0.3, 0.4) is 0 Å². The predicted molar refractivity (Wildman–Crippen MR) is 103 cm³/mol. The molecule has 0 radical (unpaired) electrons. The first kappa shape index (κ1) is 18.0. The molecule has 0 aromatic heterocycles. The number of allylic oxidation sites excluding steroid dienone is 2. The van der Waals surface area contributed by atoms with Gasteiger partial charge in [0.2, 0.25) is 0 Å². The Morgan fingerprint density at radius 3 is 2.65 bits per heavy atom. The van der Waals surface area contributed by atoms with E-state index in [1.54, 1.807) is 12.1 Å². The Balaban J connectivity index is 1.81. The Morgan fingerprint density at radius 2 is 2.00 bits per heavy atom. The first-order chi connectivity index (χ1) is 12.5. The molecule has 26 heavy (non-hydrogen) atoms. The average molecular weight is 370 g/mol. The van der Waals surface area contributed by atoms with E-state index in [1.165, 1.54) is 12.2 Å². The van der Waals surface area contributed by atoms with E-state index in [-0.39, 0.29) is 5.57 Å². The molecule has 1 amide bonds. The van der Waals surface area contributed by atoms with Crippen molar-refractivity contribution in [1.82, 2.24) is 0 Å². The number of anilines is 1. The van der Waals surface area contributed by atoms with Crippen LogP contribution in [0, 0.1) is 0 Å². The minimum Gasteiger partial charge on any atom is -0.493 e. The molecule has 0 fully saturated rings. The van der Waals surface area contributed by atoms with E-state index in [0.717, 1.165) is 28.9 Å². The molecule has 5 heteroatoms. The average Bonchev–Trinajstić information content (AvgIpc) is 3.06. The number of halogens is 2. The van der Waals surface area contributed by atoms with Crippen molar-refractivity contribution in [3.8, 4) is 16.9 Å². The molecule has 2 aromatic rings. The quantitative estimate of drug-likeness (QED) is 0.560. The van der Waals surface area contributed by atoms with Crippen LogP contribution >= 0.6 is 11.6 Å². The molecule has 0 aliphatic carbocycles. The van der Waals surface area contributed by atoms with Gasteiger partial charge in [0.15, 0.2) is 0 Å². The summed E-state index contributed by atoms with van der Waals surface area (Å²) in [6.07, 6.45) is 3.47. The molecule has 0 unspecified atom stereocenters. The number of benzene rings is 2. The SMILES string of the molecule is C=C/C=C(\C(=C)F)C(=O)Nc1ccc(-c2cc3c(cc2Cl)CCO3)cc1. The zero-order chi connectivity index (χ0) is 18.7. The summed E-state index contributed by atoms with van der Waals surface area (Å²) in [5, 5.41) is 3.28. The van der Waals surface area contributed by atoms with Gasteiger partial charge < -0.3 is 10.1 Å². The van der Waals surface area contributed by atoms with Crippen LogP contribution < -0.4 is 10.1 Å². The summed E-state index contributed by atoms with van der Waals surface area (Å²) in [7, 11) is 0. The minimum atomic E-state index is -0.816. The second-order valence-corrected chi connectivity index (χ2v) is 6.20. The maximum atomic E-state index is 13.3. The van der Waals surface area contributed by atoms with Gasteiger partial charge in [-0.05, 0) is 41.5 Å². The fourth-order valence-corrected chi connectivity index (χ4v) is 3.05. The van der Waals surface area contributed by atoms with Gasteiger partial charge in [-0.1, -0.05) is 43.0 Å². The summed E-state index contributed by atoms with van der Waals surface area (Å²) in [5.41, 5.74) is 3.22. The van der Waals surface area contributed by atoms with E-state index in [9.17, 15) is 9.18 Å². The standard InChI is InChI=1S/C21H17ClFNO2/c1-3-4-17(13(2)23)21(25)24-16-7-5-14(6-8-16)18-12-20-15(9-10-26-20)11-19(18)22/h3-8,11-12H,1-2,9-10H2,(H,24,25)/b17-4+. The second-order valence-electron chi connectivity index (χ2n) is 5.79. The van der Waals surface area contributed by atoms with Gasteiger partial charge in [0.05, 0.1) is 12.2 Å². The van der Waals surface area contributed by atoms with E-state index in [0.29, 0.717) is 17.3 Å². The molecule has 0 bridgehead atoms. The summed E-state index contributed by atoms with van der Waals surface area (Å²) in [5.74, 6) is -0.555. The van der Waals surface area contributed by atoms with E-state index in [1.807, 2.05) is 24.3 Å². The van der Waals surface area contributed by atoms with Crippen molar-refractivity contribution in [2.24, 2.45) is 0 Å². The van der Waals surface area contributed by atoms with Crippen LogP contribution in [-0.4, -0.2) is 12.5 Å². The van der Waals surface area contributed by atoms with E-state index < -0.39 is 11.7 Å². The molecule has 0 saturated carbocycles. The molecular formula is C21H17ClFNO2. The molecular weight excluding hydrogens is 353 g/mol. The molecule has 0 spiro atoms. The second kappa shape index (κ2) is 7.58. The van der Waals surface area contributed by atoms with Gasteiger partial charge >= 0.3 is 0 Å². The Bertz CT molecular complexity index is 916. The van der Waals surface area contributed by atoms with E-state index in [4.69, 9.17) is 16.3 Å². The van der Waals surface area contributed by atoms with Crippen LogP contribution in [0.15, 0.2) is 73.1 Å². The van der Waals surface area contributed by atoms with Gasteiger partial charge in [0.1, 0.15) is 11.6 Å². The van der Waals surface area contributed by atoms with Gasteiger partial charge in [-0.2, -0.15) is 0 Å². The molecule has 3 rings (SSSR count). The lowest BCUT2D eigenvalue weighted by Crippen LogP contribution is -2.14. The number of amides is 1. The van der Waals surface area contributed by atoms with Crippen LogP contribution in [0.25, 0.3) is 11.1 Å². The van der Waals surface area contributed by atoms with Crippen molar-refractivity contribution in [3.63, 3.8) is 0 Å². The fraction of sp³-hybridized carbons (Fsp3) is 0.0952. The first-order valence-corrected chi connectivity index (χ1v) is 8.42. The molecule has 3 nitrogen and oxygen atoms in total. The van der Waals surface area contributed by atoms with Crippen molar-refractivity contribution >= 4 is 23.2 Å². The highest BCUT2D eigenvalue weighted by Gasteiger charge is 2.16. The van der Waals surface area contributed by atoms with Gasteiger partial charge in [0.25, 0.3) is 5.91 Å². The monoisotopic (exact) mass is 369 g/mol. The van der Waals surface area contributed by atoms with Gasteiger partial charge in [-0.3, -0.25) is 4.79 Å². The molecule has 132 valence electrons. The molecule has 1 aliphatic rings. The Hall–Kier alpha value is -2.85. The predicted octanol–water partition coefficient (Wildman–Crippen LogP) is 5.48. The van der Waals surface area contributed by atoms with Gasteiger partial charge in [-0.15, -0.1) is 0 Å². The normalized spacial score (nSPS) is 12.9. The molecule has 0 saturated heterocycles. The molecule has 1 heterocycles. The van der Waals surface area contributed by atoms with Crippen molar-refractivity contribution in [2.45, 2.75) is 6.42 Å². The molecule has 0 atom stereocenters. The third kappa shape index (κ3) is 3.70. The zero-order valence-corrected chi connectivity index (χ0v) is 14.8. The molecule has 1 N–H and O–H groups in total. The number of fused-ring (bicyclic) bond motifs is 1. The van der Waals surface area contributed by atoms with E-state index >= 15 is 0 Å². The third-order valence-electron chi connectivity index (χ3n) is 4.05. The molecule has 2 aromatic carbocycles. The number of ether oxygens (including phenoxy) is 1. The Labute approximate surface area is 156 Å². The van der Waals surface area contributed by atoms with Crippen LogP contribution in [0.5, 0.6) is 5.75 Å². The highest BCUT2D eigenvalue weighted by molar-refractivity contribution is 6.33. The highest BCUT2D eigenvalue weighted by atomic mass is 35.5. The third-order valence-corrected chi connectivity index (χ3v) is 4.37. The summed E-state index contributed by atoms with van der Waals surface area (Å²) in [6, 6.07) is 11.0. The number of carbonyl (C=O) groups is 1. The smallest absolute Gasteiger partial charge is 0.258 e. The summed E-state index contributed by atoms with van der Waals surface area (Å²) >= 11 is 6.38. The number of nitrogens with one attached hydrogen (secondary N) is 1. The Kier molecular flexibility index (Phi) is 5.24. The van der Waals surface area contributed by atoms with Crippen molar-refractivity contribution < 1.29 is 13.9 Å². The highest BCUT2D eigenvalue weighted by Crippen LogP contribution is 2.37. The Morgan fingerprint density at radius 1 is 1.27 bits per heavy atom. The lowest BCUT2D eigenvalue weighted by atomic mass is 10.0. The summed E-state index contributed by atoms with van der Waals surface area (Å²) < 4.78 is 18.9. The van der Waals surface area contributed by atoms with Crippen molar-refractivity contribution in [1.29, 1.82) is 0 Å². The van der Waals surface area contributed by atoms with Crippen molar-refractivity contribution in [2.75, 3.05) is 11.9 Å². The van der Waals surface area contributed by atoms with Crippen LogP contribution in [-0.2, 0) is 11.2 Å². The van der Waals surface area contributed by atoms with Crippen LogP contribution in [0.2, 0.25) is 5.02 Å². The van der Waals surface area contributed by atoms with E-state index in [2.05, 4.69) is 18.5 Å². The number of rotatable bonds is 5. The number of carbonyl (C=O) groups excluding carboxylic acids is 1. The fourth-order valence-electron chi connectivity index (χ4n) is 2.76. The lowest BCUT2D eigenvalue weighted by molar-refractivity contribution is -0.112.